The minimum atomic E-state index is -3.73. The number of anilines is 1. The number of nitrogens with zero attached hydrogens (tertiary/aromatic N) is 1. The van der Waals surface area contributed by atoms with E-state index in [2.05, 4.69) is 10.6 Å². The Morgan fingerprint density at radius 3 is 2.36 bits per heavy atom. The smallest absolute Gasteiger partial charge is 0.322 e. The molecule has 0 bridgehead atoms. The van der Waals surface area contributed by atoms with Crippen molar-refractivity contribution < 1.29 is 69.6 Å². The van der Waals surface area contributed by atoms with E-state index in [1.54, 1.807) is 0 Å². The van der Waals surface area contributed by atoms with Crippen LogP contribution >= 0.6 is 0 Å². The van der Waals surface area contributed by atoms with Gasteiger partial charge in [0.1, 0.15) is 30.5 Å². The van der Waals surface area contributed by atoms with E-state index in [1.165, 1.54) is 26.2 Å². The molecule has 0 aliphatic carbocycles. The maximum absolute atomic E-state index is 13.3. The average Bonchev–Trinajstić information content (AvgIpc) is 3.36. The first kappa shape index (κ1) is 35.5. The summed E-state index contributed by atoms with van der Waals surface area (Å²) in [5.74, 6) is -3.03. The van der Waals surface area contributed by atoms with Gasteiger partial charge in [-0.25, -0.2) is 8.42 Å². The van der Waals surface area contributed by atoms with Crippen LogP contribution in [0.3, 0.4) is 0 Å². The van der Waals surface area contributed by atoms with Crippen molar-refractivity contribution in [1.82, 2.24) is 10.6 Å². The van der Waals surface area contributed by atoms with Gasteiger partial charge in [-0.15, -0.1) is 0 Å². The van der Waals surface area contributed by atoms with Crippen LogP contribution in [0.4, 0.5) is 5.69 Å². The number of benzene rings is 1. The zero-order chi connectivity index (χ0) is 30.7. The second-order valence-corrected chi connectivity index (χ2v) is 12.4. The summed E-state index contributed by atoms with van der Waals surface area (Å²) in [5, 5.41) is 45.7. The maximum atomic E-state index is 13.3. The Kier molecular flexibility index (Phi) is 12.0. The molecule has 0 spiro atoms. The van der Waals surface area contributed by atoms with Crippen LogP contribution in [0.2, 0.25) is 0 Å². The number of nitrogen functional groups attached to an aromatic ring is 1. The van der Waals surface area contributed by atoms with E-state index in [1.807, 2.05) is 6.92 Å². The number of methoxy groups -OCH3 is 1. The van der Waals surface area contributed by atoms with Gasteiger partial charge in [-0.05, 0) is 13.0 Å². The molecule has 0 radical (unpaired) electrons. The Morgan fingerprint density at radius 1 is 1.12 bits per heavy atom. The van der Waals surface area contributed by atoms with E-state index < -0.39 is 64.8 Å². The Bertz CT molecular complexity index is 1270. The predicted molar refractivity (Wildman–Crippen MR) is 143 cm³/mol. The lowest BCUT2D eigenvalue weighted by atomic mass is 9.95. The third kappa shape index (κ3) is 6.90. The highest BCUT2D eigenvalue weighted by Crippen LogP contribution is 2.37. The molecular formula is C25H39ClN4O11S. The number of sulfone groups is 1. The Labute approximate surface area is 249 Å². The number of aliphatic hydroxyl groups is 3. The summed E-state index contributed by atoms with van der Waals surface area (Å²) in [6.45, 7) is 3.41. The third-order valence-electron chi connectivity index (χ3n) is 7.98. The SMILES string of the molecule is CC[N+]1(C2OC(C(=O)NCC(=O)O)C(O)C(O)C2O)CCCC1CNC(=O)c1cc(S(=O)(=O)CC)c(N)cc1OC.[Cl-]. The number of carbonyl (C=O) groups excluding carboxylic acids is 2. The summed E-state index contributed by atoms with van der Waals surface area (Å²) >= 11 is 0. The van der Waals surface area contributed by atoms with Gasteiger partial charge < -0.3 is 58.7 Å². The molecule has 3 rings (SSSR count). The van der Waals surface area contributed by atoms with Crippen LogP contribution in [0.15, 0.2) is 17.0 Å². The number of hydrogen-bond donors (Lipinski definition) is 7. The van der Waals surface area contributed by atoms with Crippen molar-refractivity contribution in [2.75, 3.05) is 44.8 Å². The number of quaternary nitrogens is 1. The van der Waals surface area contributed by atoms with Crippen LogP contribution in [-0.2, 0) is 24.2 Å². The molecule has 15 nitrogen and oxygen atoms in total. The van der Waals surface area contributed by atoms with E-state index in [9.17, 15) is 38.1 Å². The molecular weight excluding hydrogens is 600 g/mol. The largest absolute Gasteiger partial charge is 1.00 e. The topological polar surface area (TPSA) is 235 Å². The number of likely N-dealkylation sites (N-methyl/N-ethyl adjacent to an activating group) is 1. The normalized spacial score (nSPS) is 29.3. The Hall–Kier alpha value is -2.73. The van der Waals surface area contributed by atoms with Crippen LogP contribution < -0.4 is 33.5 Å². The Morgan fingerprint density at radius 2 is 1.79 bits per heavy atom. The summed E-state index contributed by atoms with van der Waals surface area (Å²) in [4.78, 5) is 36.6. The quantitative estimate of drug-likeness (QED) is 0.0890. The zero-order valence-electron chi connectivity index (χ0n) is 23.5. The number of ether oxygens (including phenoxy) is 2. The second-order valence-electron chi connectivity index (χ2n) is 10.2. The van der Waals surface area contributed by atoms with Gasteiger partial charge in [0.2, 0.25) is 6.23 Å². The first-order valence-corrected chi connectivity index (χ1v) is 14.9. The number of aliphatic carboxylic acids is 1. The van der Waals surface area contributed by atoms with Crippen LogP contribution in [0, 0.1) is 0 Å². The zero-order valence-corrected chi connectivity index (χ0v) is 25.1. The summed E-state index contributed by atoms with van der Waals surface area (Å²) in [6.07, 6.45) is -6.76. The predicted octanol–water partition coefficient (Wildman–Crippen LogP) is -5.19. The molecule has 2 saturated heterocycles. The van der Waals surface area contributed by atoms with E-state index >= 15 is 0 Å². The van der Waals surface area contributed by atoms with Crippen LogP contribution in [0.25, 0.3) is 0 Å². The molecule has 0 aromatic heterocycles. The molecule has 238 valence electrons. The van der Waals surface area contributed by atoms with Crippen molar-refractivity contribution in [2.45, 2.75) is 68.3 Å². The van der Waals surface area contributed by atoms with Crippen LogP contribution in [-0.4, -0.2) is 127 Å². The highest BCUT2D eigenvalue weighted by atomic mass is 35.5. The summed E-state index contributed by atoms with van der Waals surface area (Å²) in [7, 11) is -2.41. The number of nitrogens with one attached hydrogen (secondary N) is 2. The number of nitrogens with two attached hydrogens (primary N) is 1. The maximum Gasteiger partial charge on any atom is 0.322 e. The number of carbonyl (C=O) groups is 3. The number of amides is 2. The molecule has 0 saturated carbocycles. The third-order valence-corrected chi connectivity index (χ3v) is 9.77. The van der Waals surface area contributed by atoms with E-state index in [0.29, 0.717) is 25.9 Å². The summed E-state index contributed by atoms with van der Waals surface area (Å²) in [6, 6.07) is 2.08. The van der Waals surface area contributed by atoms with Crippen molar-refractivity contribution >= 4 is 33.3 Å². The molecule has 1 aromatic rings. The number of carboxylic acid groups (broad SMARTS) is 1. The fraction of sp³-hybridized carbons (Fsp3) is 0.640. The first-order valence-electron chi connectivity index (χ1n) is 13.3. The molecule has 7 atom stereocenters. The molecule has 2 amide bonds. The van der Waals surface area contributed by atoms with E-state index in [0.717, 1.165) is 0 Å². The molecule has 2 aliphatic rings. The van der Waals surface area contributed by atoms with Gasteiger partial charge in [-0.1, -0.05) is 6.92 Å². The van der Waals surface area contributed by atoms with Gasteiger partial charge in [-0.3, -0.25) is 18.9 Å². The number of likely N-dealkylation sites (tertiary alicyclic amines) is 1. The van der Waals surface area contributed by atoms with E-state index in [4.69, 9.17) is 20.3 Å². The molecule has 2 heterocycles. The summed E-state index contributed by atoms with van der Waals surface area (Å²) in [5.41, 5.74) is 5.82. The van der Waals surface area contributed by atoms with Crippen molar-refractivity contribution in [3.63, 3.8) is 0 Å². The van der Waals surface area contributed by atoms with Gasteiger partial charge in [0.15, 0.2) is 22.0 Å². The van der Waals surface area contributed by atoms with Gasteiger partial charge >= 0.3 is 5.97 Å². The van der Waals surface area contributed by atoms with Crippen LogP contribution in [0.5, 0.6) is 5.75 Å². The van der Waals surface area contributed by atoms with Gasteiger partial charge in [0, 0.05) is 18.9 Å². The number of rotatable bonds is 11. The minimum Gasteiger partial charge on any atom is -1.00 e. The first-order chi connectivity index (χ1) is 19.2. The van der Waals surface area contributed by atoms with E-state index in [-0.39, 0.29) is 57.1 Å². The van der Waals surface area contributed by atoms with Gasteiger partial charge in [-0.2, -0.15) is 0 Å². The lowest BCUT2D eigenvalue weighted by Crippen LogP contribution is -3.00. The molecule has 17 heteroatoms. The highest BCUT2D eigenvalue weighted by Gasteiger charge is 2.58. The molecule has 1 aromatic carbocycles. The lowest BCUT2D eigenvalue weighted by molar-refractivity contribution is -0.985. The van der Waals surface area contributed by atoms with Crippen LogP contribution in [0.1, 0.15) is 37.0 Å². The molecule has 42 heavy (non-hydrogen) atoms. The van der Waals surface area contributed by atoms with Gasteiger partial charge in [0.25, 0.3) is 11.8 Å². The number of hydrogen-bond acceptors (Lipinski definition) is 11. The van der Waals surface area contributed by atoms with Gasteiger partial charge in [0.05, 0.1) is 48.6 Å². The fourth-order valence-electron chi connectivity index (χ4n) is 5.70. The Balaban J connectivity index is 0.00000616. The molecule has 2 aliphatic heterocycles. The van der Waals surface area contributed by atoms with Crippen molar-refractivity contribution in [2.24, 2.45) is 0 Å². The summed E-state index contributed by atoms with van der Waals surface area (Å²) < 4.78 is 36.2. The lowest BCUT2D eigenvalue weighted by Gasteiger charge is -2.51. The molecule has 7 unspecified atom stereocenters. The number of aliphatic hydroxyl groups excluding tert-OH is 3. The minimum absolute atomic E-state index is 0. The second kappa shape index (κ2) is 14.2. The number of carboxylic acids is 1. The van der Waals surface area contributed by atoms with Crippen molar-refractivity contribution in [3.05, 3.63) is 17.7 Å². The average molecular weight is 639 g/mol. The fourth-order valence-corrected chi connectivity index (χ4v) is 6.72. The van der Waals surface area contributed by atoms with Crippen molar-refractivity contribution in [1.29, 1.82) is 0 Å². The van der Waals surface area contributed by atoms with Crippen molar-refractivity contribution in [3.8, 4) is 5.75 Å². The monoisotopic (exact) mass is 638 g/mol. The highest BCUT2D eigenvalue weighted by molar-refractivity contribution is 7.91. The number of halogens is 1. The molecule has 8 N–H and O–H groups in total. The molecule has 2 fully saturated rings. The standard InChI is InChI=1S/C25H38N4O11S.ClH/c1-4-29(25-21(34)19(32)20(33)22(40-25)24(36)28-12-18(30)31)8-6-7-13(29)11-27-23(35)14-9-17(41(37,38)5-2)15(26)10-16(14)39-3;/h9-10,13,19-22,25,32-34H,4-8,11-12H2,1-3H3,(H4-,26,27,28,30,31,35,36);1H.